The molecule has 0 amide bonds. The summed E-state index contributed by atoms with van der Waals surface area (Å²) in [6.07, 6.45) is 8.10. The fourth-order valence-corrected chi connectivity index (χ4v) is 2.64. The van der Waals surface area contributed by atoms with Gasteiger partial charge in [-0.1, -0.05) is 0 Å². The molecule has 22 heavy (non-hydrogen) atoms. The van der Waals surface area contributed by atoms with Gasteiger partial charge in [0.25, 0.3) is 0 Å². The van der Waals surface area contributed by atoms with Crippen LogP contribution in [0.25, 0.3) is 16.9 Å². The highest BCUT2D eigenvalue weighted by Crippen LogP contribution is 2.36. The van der Waals surface area contributed by atoms with Gasteiger partial charge in [-0.05, 0) is 31.0 Å². The fraction of sp³-hybridized carbons (Fsp3) is 0.250. The number of imidazole rings is 1. The summed E-state index contributed by atoms with van der Waals surface area (Å²) in [5.74, 6) is 2.38. The van der Waals surface area contributed by atoms with Crippen LogP contribution in [-0.2, 0) is 0 Å². The Labute approximate surface area is 126 Å². The number of nitrogens with zero attached hydrogens (tertiary/aromatic N) is 3. The lowest BCUT2D eigenvalue weighted by Crippen LogP contribution is -2.06. The number of hydrogen-bond donors (Lipinski definition) is 1. The predicted molar refractivity (Wildman–Crippen MR) is 81.2 cm³/mol. The first-order chi connectivity index (χ1) is 10.9. The number of aromatic nitrogens is 3. The number of anilines is 1. The predicted octanol–water partition coefficient (Wildman–Crippen LogP) is 2.70. The van der Waals surface area contributed by atoms with E-state index in [9.17, 15) is 0 Å². The summed E-state index contributed by atoms with van der Waals surface area (Å²) in [4.78, 5) is 9.14. The lowest BCUT2D eigenvalue weighted by molar-refractivity contribution is 0.174. The molecular weight excluding hydrogens is 280 g/mol. The second-order valence-electron chi connectivity index (χ2n) is 5.62. The molecule has 1 fully saturated rings. The largest absolute Gasteiger partial charge is 0.454 e. The lowest BCUT2D eigenvalue weighted by atomic mass is 10.1. The van der Waals surface area contributed by atoms with Crippen molar-refractivity contribution in [3.63, 3.8) is 0 Å². The normalized spacial score (nSPS) is 16.2. The number of ether oxygens (including phenoxy) is 2. The summed E-state index contributed by atoms with van der Waals surface area (Å²) < 4.78 is 12.8. The molecule has 6 heteroatoms. The Morgan fingerprint density at radius 2 is 2.09 bits per heavy atom. The Morgan fingerprint density at radius 3 is 3.00 bits per heavy atom. The lowest BCUT2D eigenvalue weighted by Gasteiger charge is -2.09. The molecule has 2 aromatic heterocycles. The van der Waals surface area contributed by atoms with Crippen LogP contribution in [-0.4, -0.2) is 27.2 Å². The second kappa shape index (κ2) is 4.37. The van der Waals surface area contributed by atoms with Gasteiger partial charge in [0.1, 0.15) is 0 Å². The standard InChI is InChI=1S/C16H14N4O2/c1-4-13-14(22-9-21-13)7-10(1)12-8-20-6-5-17-16(20)15(19-12)18-11-2-3-11/h1,4-8,11H,2-3,9H2,(H,18,19). The highest BCUT2D eigenvalue weighted by Gasteiger charge is 2.23. The van der Waals surface area contributed by atoms with E-state index in [1.807, 2.05) is 35.0 Å². The number of nitrogens with one attached hydrogen (secondary N) is 1. The molecule has 0 atom stereocenters. The van der Waals surface area contributed by atoms with Crippen LogP contribution in [0.4, 0.5) is 5.82 Å². The molecule has 3 heterocycles. The van der Waals surface area contributed by atoms with E-state index in [2.05, 4.69) is 10.3 Å². The van der Waals surface area contributed by atoms with Gasteiger partial charge in [-0.15, -0.1) is 0 Å². The molecule has 0 unspecified atom stereocenters. The molecular formula is C16H14N4O2. The smallest absolute Gasteiger partial charge is 0.231 e. The molecule has 110 valence electrons. The Hall–Kier alpha value is -2.76. The Bertz CT molecular complexity index is 870. The van der Waals surface area contributed by atoms with Crippen LogP contribution in [0, 0.1) is 0 Å². The van der Waals surface area contributed by atoms with Crippen molar-refractivity contribution >= 4 is 11.5 Å². The van der Waals surface area contributed by atoms with E-state index < -0.39 is 0 Å². The van der Waals surface area contributed by atoms with Gasteiger partial charge < -0.3 is 19.2 Å². The maximum Gasteiger partial charge on any atom is 0.231 e. The number of hydrogen-bond acceptors (Lipinski definition) is 5. The average Bonchev–Trinajstić information content (AvgIpc) is 3.03. The minimum absolute atomic E-state index is 0.279. The summed E-state index contributed by atoms with van der Waals surface area (Å²) in [6.45, 7) is 0.279. The molecule has 0 saturated heterocycles. The highest BCUT2D eigenvalue weighted by molar-refractivity contribution is 5.71. The summed E-state index contributed by atoms with van der Waals surface area (Å²) in [5.41, 5.74) is 2.74. The van der Waals surface area contributed by atoms with E-state index in [0.29, 0.717) is 6.04 Å². The number of rotatable bonds is 3. The average molecular weight is 294 g/mol. The minimum atomic E-state index is 0.279. The van der Waals surface area contributed by atoms with Crippen molar-refractivity contribution in [2.24, 2.45) is 0 Å². The molecule has 1 N–H and O–H groups in total. The van der Waals surface area contributed by atoms with Gasteiger partial charge in [0.2, 0.25) is 6.79 Å². The van der Waals surface area contributed by atoms with Crippen molar-refractivity contribution in [2.75, 3.05) is 12.1 Å². The molecule has 0 bridgehead atoms. The van der Waals surface area contributed by atoms with E-state index in [0.717, 1.165) is 34.2 Å². The zero-order valence-electron chi connectivity index (χ0n) is 11.8. The minimum Gasteiger partial charge on any atom is -0.454 e. The quantitative estimate of drug-likeness (QED) is 0.804. The van der Waals surface area contributed by atoms with Crippen LogP contribution >= 0.6 is 0 Å². The summed E-state index contributed by atoms with van der Waals surface area (Å²) in [7, 11) is 0. The van der Waals surface area contributed by atoms with E-state index in [4.69, 9.17) is 14.5 Å². The first-order valence-corrected chi connectivity index (χ1v) is 7.37. The third kappa shape index (κ3) is 1.88. The van der Waals surface area contributed by atoms with Crippen LogP contribution < -0.4 is 14.8 Å². The zero-order chi connectivity index (χ0) is 14.5. The first kappa shape index (κ1) is 11.9. The monoisotopic (exact) mass is 294 g/mol. The van der Waals surface area contributed by atoms with Crippen molar-refractivity contribution in [3.8, 4) is 22.8 Å². The fourth-order valence-electron chi connectivity index (χ4n) is 2.64. The molecule has 5 rings (SSSR count). The molecule has 1 aliphatic heterocycles. The van der Waals surface area contributed by atoms with Crippen LogP contribution in [0.2, 0.25) is 0 Å². The molecule has 2 aliphatic rings. The first-order valence-electron chi connectivity index (χ1n) is 7.37. The van der Waals surface area contributed by atoms with Gasteiger partial charge in [-0.25, -0.2) is 9.97 Å². The Balaban J connectivity index is 1.64. The zero-order valence-corrected chi connectivity index (χ0v) is 11.8. The van der Waals surface area contributed by atoms with E-state index >= 15 is 0 Å². The van der Waals surface area contributed by atoms with Crippen molar-refractivity contribution < 1.29 is 9.47 Å². The van der Waals surface area contributed by atoms with Gasteiger partial charge in [-0.3, -0.25) is 0 Å². The van der Waals surface area contributed by atoms with Crippen LogP contribution in [0.15, 0.2) is 36.8 Å². The molecule has 0 radical (unpaired) electrons. The SMILES string of the molecule is c1cn2cc(-c3ccc4c(c3)OCO4)nc(NC3CC3)c2n1. The van der Waals surface area contributed by atoms with Crippen molar-refractivity contribution in [1.29, 1.82) is 0 Å². The number of fused-ring (bicyclic) bond motifs is 2. The van der Waals surface area contributed by atoms with Gasteiger partial charge >= 0.3 is 0 Å². The van der Waals surface area contributed by atoms with Crippen LogP contribution in [0.5, 0.6) is 11.5 Å². The maximum absolute atomic E-state index is 5.45. The van der Waals surface area contributed by atoms with Crippen molar-refractivity contribution in [3.05, 3.63) is 36.8 Å². The summed E-state index contributed by atoms with van der Waals surface area (Å²) in [6, 6.07) is 6.42. The van der Waals surface area contributed by atoms with E-state index in [1.165, 1.54) is 12.8 Å². The van der Waals surface area contributed by atoms with Gasteiger partial charge in [0.15, 0.2) is 23.0 Å². The van der Waals surface area contributed by atoms with Crippen molar-refractivity contribution in [2.45, 2.75) is 18.9 Å². The molecule has 6 nitrogen and oxygen atoms in total. The third-order valence-electron chi connectivity index (χ3n) is 3.96. The van der Waals surface area contributed by atoms with Crippen LogP contribution in [0.3, 0.4) is 0 Å². The second-order valence-corrected chi connectivity index (χ2v) is 5.62. The van der Waals surface area contributed by atoms with Gasteiger partial charge in [0.05, 0.1) is 5.69 Å². The molecule has 3 aromatic rings. The molecule has 0 spiro atoms. The topological polar surface area (TPSA) is 60.7 Å². The van der Waals surface area contributed by atoms with Gasteiger partial charge in [0, 0.05) is 30.2 Å². The Morgan fingerprint density at radius 1 is 1.18 bits per heavy atom. The molecule has 1 aromatic carbocycles. The van der Waals surface area contributed by atoms with E-state index in [1.54, 1.807) is 6.20 Å². The van der Waals surface area contributed by atoms with Crippen LogP contribution in [0.1, 0.15) is 12.8 Å². The Kier molecular flexibility index (Phi) is 2.35. The molecule has 1 aliphatic carbocycles. The maximum atomic E-state index is 5.45. The molecule has 1 saturated carbocycles. The summed E-state index contributed by atoms with van der Waals surface area (Å²) in [5, 5.41) is 3.46. The third-order valence-corrected chi connectivity index (χ3v) is 3.96. The van der Waals surface area contributed by atoms with Gasteiger partial charge in [-0.2, -0.15) is 0 Å². The van der Waals surface area contributed by atoms with Crippen molar-refractivity contribution in [1.82, 2.24) is 14.4 Å². The number of benzene rings is 1. The summed E-state index contributed by atoms with van der Waals surface area (Å²) >= 11 is 0. The van der Waals surface area contributed by atoms with E-state index in [-0.39, 0.29) is 6.79 Å². The highest BCUT2D eigenvalue weighted by atomic mass is 16.7.